The largest absolute Gasteiger partial charge is 0.445 e. The molecule has 0 saturated heterocycles. The number of rotatable bonds is 4. The number of ether oxygens (including phenoxy) is 1. The summed E-state index contributed by atoms with van der Waals surface area (Å²) in [6, 6.07) is 9.61. The zero-order chi connectivity index (χ0) is 10.2. The Morgan fingerprint density at radius 2 is 2.14 bits per heavy atom. The number of nitrogens with one attached hydrogen (secondary N) is 1. The van der Waals surface area contributed by atoms with Crippen molar-refractivity contribution in [3.8, 4) is 0 Å². The number of carbonyl (C=O) groups is 1. The molecular weight excluding hydrogens is 295 g/mol. The lowest BCUT2D eigenvalue weighted by Gasteiger charge is -2.05. The lowest BCUT2D eigenvalue weighted by atomic mass is 10.2. The summed E-state index contributed by atoms with van der Waals surface area (Å²) in [5.41, 5.74) is 0.997. The molecule has 0 radical (unpaired) electrons. The van der Waals surface area contributed by atoms with Crippen molar-refractivity contribution in [1.82, 2.24) is 5.32 Å². The van der Waals surface area contributed by atoms with Crippen LogP contribution >= 0.6 is 22.6 Å². The molecule has 0 spiro atoms. The summed E-state index contributed by atoms with van der Waals surface area (Å²) in [6.07, 6.45) is -0.356. The van der Waals surface area contributed by atoms with E-state index in [4.69, 9.17) is 4.74 Å². The lowest BCUT2D eigenvalue weighted by molar-refractivity contribution is 0.140. The molecule has 4 heteroatoms. The standard InChI is InChI=1S/C10H12INO2/c11-6-7-12-10(13)14-8-9-4-2-1-3-5-9/h1-5H,6-8H2,(H,12,13)/i6+2. The van der Waals surface area contributed by atoms with Crippen LogP contribution in [0.2, 0.25) is 0 Å². The summed E-state index contributed by atoms with van der Waals surface area (Å²) < 4.78 is 5.86. The van der Waals surface area contributed by atoms with Gasteiger partial charge in [-0.3, -0.25) is 0 Å². The van der Waals surface area contributed by atoms with E-state index in [2.05, 4.69) is 27.9 Å². The fraction of sp³-hybridized carbons (Fsp3) is 0.300. The van der Waals surface area contributed by atoms with Gasteiger partial charge in [0.15, 0.2) is 0 Å². The molecule has 0 unspecified atom stereocenters. The van der Waals surface area contributed by atoms with Gasteiger partial charge in [-0.05, 0) is 5.56 Å². The van der Waals surface area contributed by atoms with Gasteiger partial charge in [-0.2, -0.15) is 0 Å². The highest BCUT2D eigenvalue weighted by molar-refractivity contribution is 14.1. The minimum absolute atomic E-state index is 0.327. The van der Waals surface area contributed by atoms with Crippen LogP contribution in [0.3, 0.4) is 0 Å². The van der Waals surface area contributed by atoms with Gasteiger partial charge in [0.25, 0.3) is 0 Å². The van der Waals surface area contributed by atoms with Crippen molar-refractivity contribution >= 4 is 28.7 Å². The minimum Gasteiger partial charge on any atom is -0.445 e. The van der Waals surface area contributed by atoms with E-state index >= 15 is 0 Å². The number of hydrogen-bond donors (Lipinski definition) is 1. The predicted octanol–water partition coefficient (Wildman–Crippen LogP) is 2.35. The molecule has 1 aromatic carbocycles. The molecule has 0 atom stereocenters. The first-order valence-corrected chi connectivity index (χ1v) is 5.86. The molecule has 0 saturated carbocycles. The maximum atomic E-state index is 11.0. The first-order valence-electron chi connectivity index (χ1n) is 4.33. The van der Waals surface area contributed by atoms with Gasteiger partial charge < -0.3 is 10.1 Å². The van der Waals surface area contributed by atoms with Crippen molar-refractivity contribution in [3.63, 3.8) is 0 Å². The van der Waals surface area contributed by atoms with Gasteiger partial charge >= 0.3 is 6.09 Å². The van der Waals surface area contributed by atoms with Gasteiger partial charge in [0.2, 0.25) is 0 Å². The molecule has 0 aliphatic heterocycles. The first kappa shape index (κ1) is 11.3. The normalized spacial score (nSPS) is 9.50. The van der Waals surface area contributed by atoms with Crippen LogP contribution in [0.4, 0.5) is 4.79 Å². The molecule has 3 nitrogen and oxygen atoms in total. The molecule has 14 heavy (non-hydrogen) atoms. The maximum Gasteiger partial charge on any atom is 0.407 e. The van der Waals surface area contributed by atoms with Crippen molar-refractivity contribution in [1.29, 1.82) is 0 Å². The van der Waals surface area contributed by atoms with Crippen LogP contribution in [0.5, 0.6) is 0 Å². The second-order valence-electron chi connectivity index (χ2n) is 2.68. The van der Waals surface area contributed by atoms with E-state index in [1.54, 1.807) is 0 Å². The summed E-state index contributed by atoms with van der Waals surface area (Å²) >= 11 is 2.19. The molecular formula is C10H12INO2. The monoisotopic (exact) mass is 307 g/mol. The Labute approximate surface area is 97.0 Å². The number of halogens is 1. The number of alkyl halides is 1. The van der Waals surface area contributed by atoms with Crippen molar-refractivity contribution in [2.75, 3.05) is 11.0 Å². The van der Waals surface area contributed by atoms with Gasteiger partial charge in [-0.25, -0.2) is 4.79 Å². The van der Waals surface area contributed by atoms with Crippen molar-refractivity contribution in [3.05, 3.63) is 35.9 Å². The van der Waals surface area contributed by atoms with Gasteiger partial charge in [-0.15, -0.1) is 0 Å². The van der Waals surface area contributed by atoms with Crippen LogP contribution in [-0.4, -0.2) is 17.1 Å². The van der Waals surface area contributed by atoms with E-state index in [-0.39, 0.29) is 6.09 Å². The summed E-state index contributed by atoms with van der Waals surface area (Å²) in [5.74, 6) is 0. The fourth-order valence-corrected chi connectivity index (χ4v) is 1.19. The van der Waals surface area contributed by atoms with Crippen LogP contribution in [0, 0.1) is 0 Å². The van der Waals surface area contributed by atoms with E-state index in [1.807, 2.05) is 30.3 Å². The number of alkyl carbamates (subject to hydrolysis) is 1. The van der Waals surface area contributed by atoms with Crippen molar-refractivity contribution < 1.29 is 9.53 Å². The van der Waals surface area contributed by atoms with E-state index < -0.39 is 0 Å². The third-order valence-electron chi connectivity index (χ3n) is 1.58. The summed E-state index contributed by atoms with van der Waals surface area (Å²) in [6.45, 7) is 0.974. The topological polar surface area (TPSA) is 38.3 Å². The maximum absolute atomic E-state index is 11.0. The average molecular weight is 307 g/mol. The highest BCUT2D eigenvalue weighted by Crippen LogP contribution is 2.00. The quantitative estimate of drug-likeness (QED) is 0.685. The second kappa shape index (κ2) is 6.64. The molecule has 0 aliphatic rings. The van der Waals surface area contributed by atoms with Gasteiger partial charge in [0.1, 0.15) is 6.61 Å². The van der Waals surface area contributed by atoms with Crippen molar-refractivity contribution in [2.45, 2.75) is 6.61 Å². The second-order valence-corrected chi connectivity index (χ2v) is 3.76. The molecule has 1 rings (SSSR count). The SMILES string of the molecule is O=C(NC[14CH2]I)OCc1ccccc1. The molecule has 0 fully saturated rings. The van der Waals surface area contributed by atoms with Crippen LogP contribution < -0.4 is 5.32 Å². The first-order chi connectivity index (χ1) is 6.83. The Hall–Kier alpha value is -0.780. The van der Waals surface area contributed by atoms with Crippen LogP contribution in [0.25, 0.3) is 0 Å². The Balaban J connectivity index is 2.24. The number of carbonyl (C=O) groups excluding carboxylic acids is 1. The minimum atomic E-state index is -0.356. The third kappa shape index (κ3) is 4.45. The van der Waals surface area contributed by atoms with Gasteiger partial charge in [0, 0.05) is 11.0 Å². The molecule has 0 aromatic heterocycles. The summed E-state index contributed by atoms with van der Waals surface area (Å²) in [5, 5.41) is 2.63. The Morgan fingerprint density at radius 3 is 2.79 bits per heavy atom. The number of amides is 1. The van der Waals surface area contributed by atoms with Crippen LogP contribution in [0.15, 0.2) is 30.3 Å². The molecule has 1 amide bonds. The number of benzene rings is 1. The molecule has 0 bridgehead atoms. The molecule has 0 aliphatic carbocycles. The van der Waals surface area contributed by atoms with E-state index in [9.17, 15) is 4.79 Å². The lowest BCUT2D eigenvalue weighted by Crippen LogP contribution is -2.25. The predicted molar refractivity (Wildman–Crippen MR) is 63.5 cm³/mol. The van der Waals surface area contributed by atoms with E-state index in [0.717, 1.165) is 9.99 Å². The molecule has 0 heterocycles. The zero-order valence-electron chi connectivity index (χ0n) is 7.70. The number of hydrogen-bond acceptors (Lipinski definition) is 2. The Morgan fingerprint density at radius 1 is 1.43 bits per heavy atom. The van der Waals surface area contributed by atoms with Crippen LogP contribution in [0.1, 0.15) is 5.56 Å². The van der Waals surface area contributed by atoms with Crippen molar-refractivity contribution in [2.24, 2.45) is 0 Å². The third-order valence-corrected chi connectivity index (χ3v) is 2.12. The highest BCUT2D eigenvalue weighted by Gasteiger charge is 1.99. The Bertz CT molecular complexity index is 277. The average Bonchev–Trinajstić information content (AvgIpc) is 2.25. The zero-order valence-corrected chi connectivity index (χ0v) is 9.86. The smallest absolute Gasteiger partial charge is 0.407 e. The molecule has 76 valence electrons. The van der Waals surface area contributed by atoms with Gasteiger partial charge in [0.05, 0.1) is 0 Å². The molecule has 1 N–H and O–H groups in total. The molecule has 1 aromatic rings. The summed E-state index contributed by atoms with van der Waals surface area (Å²) in [7, 11) is 0. The van der Waals surface area contributed by atoms with E-state index in [0.29, 0.717) is 13.2 Å². The highest BCUT2D eigenvalue weighted by atomic mass is 127. The van der Waals surface area contributed by atoms with E-state index in [1.165, 1.54) is 0 Å². The fourth-order valence-electron chi connectivity index (χ4n) is 0.923. The summed E-state index contributed by atoms with van der Waals surface area (Å²) in [4.78, 5) is 11.0. The van der Waals surface area contributed by atoms with Gasteiger partial charge in [-0.1, -0.05) is 52.9 Å². The Kier molecular flexibility index (Phi) is 5.36. The van der Waals surface area contributed by atoms with Crippen LogP contribution in [-0.2, 0) is 11.3 Å².